The van der Waals surface area contributed by atoms with E-state index in [1.807, 2.05) is 43.3 Å². The van der Waals surface area contributed by atoms with Gasteiger partial charge in [0.05, 0.1) is 15.3 Å². The summed E-state index contributed by atoms with van der Waals surface area (Å²) in [7, 11) is 0.124. The van der Waals surface area contributed by atoms with E-state index in [9.17, 15) is 18.5 Å². The normalized spacial score (nSPS) is 18.2. The fourth-order valence-electron chi connectivity index (χ4n) is 4.62. The van der Waals surface area contributed by atoms with Crippen molar-refractivity contribution in [1.82, 2.24) is 14.7 Å². The monoisotopic (exact) mass is 512 g/mol. The van der Waals surface area contributed by atoms with Crippen LogP contribution in [-0.4, -0.2) is 50.5 Å². The third-order valence-corrected chi connectivity index (χ3v) is 8.19. The van der Waals surface area contributed by atoms with Crippen molar-refractivity contribution in [2.75, 3.05) is 37.4 Å². The number of anilines is 2. The highest BCUT2D eigenvalue weighted by molar-refractivity contribution is 7.89. The molecule has 0 amide bonds. The fourth-order valence-corrected chi connectivity index (χ4v) is 5.75. The van der Waals surface area contributed by atoms with E-state index in [1.165, 1.54) is 12.1 Å². The van der Waals surface area contributed by atoms with Crippen molar-refractivity contribution >= 4 is 38.4 Å². The standard InChI is InChI=1S/C25H32N6O4S/c1-17-8-13-20(14-23(17)31(32)33)36(34,35)27-16-19-11-9-18(10-12-19)15-26-25-28-22-7-5-4-6-21(22)24(29-25)30(2)3/h4-8,13-14,18-19,27H,9-12,15-16H2,1-3H3,(H,26,28,29). The average molecular weight is 513 g/mol. The smallest absolute Gasteiger partial charge is 0.273 e. The number of fused-ring (bicyclic) bond motifs is 1. The van der Waals surface area contributed by atoms with E-state index in [-0.39, 0.29) is 16.5 Å². The Morgan fingerprint density at radius 2 is 1.69 bits per heavy atom. The summed E-state index contributed by atoms with van der Waals surface area (Å²) >= 11 is 0. The van der Waals surface area contributed by atoms with Gasteiger partial charge in [-0.05, 0) is 62.6 Å². The number of benzene rings is 2. The Kier molecular flexibility index (Phi) is 7.70. The van der Waals surface area contributed by atoms with Gasteiger partial charge in [-0.1, -0.05) is 18.2 Å². The van der Waals surface area contributed by atoms with Crippen molar-refractivity contribution in [3.63, 3.8) is 0 Å². The topological polar surface area (TPSA) is 130 Å². The molecule has 1 fully saturated rings. The minimum Gasteiger partial charge on any atom is -0.362 e. The van der Waals surface area contributed by atoms with Gasteiger partial charge in [-0.25, -0.2) is 18.1 Å². The molecule has 0 aliphatic heterocycles. The summed E-state index contributed by atoms with van der Waals surface area (Å²) in [6.07, 6.45) is 3.77. The van der Waals surface area contributed by atoms with Crippen molar-refractivity contribution in [2.24, 2.45) is 11.8 Å². The van der Waals surface area contributed by atoms with Crippen LogP contribution in [0.3, 0.4) is 0 Å². The highest BCUT2D eigenvalue weighted by Crippen LogP contribution is 2.30. The predicted octanol–water partition coefficient (Wildman–Crippen LogP) is 4.11. The Hall–Kier alpha value is -3.31. The maximum Gasteiger partial charge on any atom is 0.273 e. The summed E-state index contributed by atoms with van der Waals surface area (Å²) in [5, 5.41) is 15.6. The molecule has 0 atom stereocenters. The molecule has 0 spiro atoms. The van der Waals surface area contributed by atoms with Crippen LogP contribution in [0.2, 0.25) is 0 Å². The predicted molar refractivity (Wildman–Crippen MR) is 141 cm³/mol. The van der Waals surface area contributed by atoms with E-state index in [0.717, 1.165) is 55.0 Å². The number of nitrogens with one attached hydrogen (secondary N) is 2. The molecule has 0 unspecified atom stereocenters. The van der Waals surface area contributed by atoms with E-state index < -0.39 is 14.9 Å². The van der Waals surface area contributed by atoms with Crippen LogP contribution in [0.5, 0.6) is 0 Å². The molecular weight excluding hydrogens is 480 g/mol. The third kappa shape index (κ3) is 5.90. The lowest BCUT2D eigenvalue weighted by Gasteiger charge is -2.28. The largest absolute Gasteiger partial charge is 0.362 e. The molecular formula is C25H32N6O4S. The maximum atomic E-state index is 12.7. The summed E-state index contributed by atoms with van der Waals surface area (Å²) in [4.78, 5) is 21.9. The van der Waals surface area contributed by atoms with Gasteiger partial charge in [0.15, 0.2) is 0 Å². The van der Waals surface area contributed by atoms with Crippen molar-refractivity contribution < 1.29 is 13.3 Å². The number of nitro benzene ring substituents is 1. The van der Waals surface area contributed by atoms with Gasteiger partial charge in [0.25, 0.3) is 5.69 Å². The molecule has 1 aliphatic carbocycles. The Labute approximate surface area is 211 Å². The molecule has 1 heterocycles. The number of nitrogens with zero attached hydrogens (tertiary/aromatic N) is 4. The molecule has 2 aromatic carbocycles. The first-order chi connectivity index (χ1) is 17.1. The summed E-state index contributed by atoms with van der Waals surface area (Å²) < 4.78 is 28.0. The molecule has 4 rings (SSSR count). The SMILES string of the molecule is Cc1ccc(S(=O)(=O)NCC2CCC(CNc3nc(N(C)C)c4ccccc4n3)CC2)cc1[N+](=O)[O-]. The van der Waals surface area contributed by atoms with Crippen LogP contribution >= 0.6 is 0 Å². The molecule has 36 heavy (non-hydrogen) atoms. The van der Waals surface area contributed by atoms with Crippen molar-refractivity contribution in [2.45, 2.75) is 37.5 Å². The lowest BCUT2D eigenvalue weighted by molar-refractivity contribution is -0.385. The lowest BCUT2D eigenvalue weighted by atomic mass is 9.82. The molecule has 11 heteroatoms. The maximum absolute atomic E-state index is 12.7. The highest BCUT2D eigenvalue weighted by atomic mass is 32.2. The number of sulfonamides is 1. The van der Waals surface area contributed by atoms with Crippen LogP contribution < -0.4 is 14.9 Å². The first-order valence-corrected chi connectivity index (χ1v) is 13.5. The minimum absolute atomic E-state index is 0.0786. The number of hydrogen-bond acceptors (Lipinski definition) is 8. The number of hydrogen-bond donors (Lipinski definition) is 2. The van der Waals surface area contributed by atoms with Gasteiger partial charge in [-0.2, -0.15) is 4.98 Å². The van der Waals surface area contributed by atoms with Gasteiger partial charge < -0.3 is 10.2 Å². The van der Waals surface area contributed by atoms with E-state index in [2.05, 4.69) is 15.0 Å². The quantitative estimate of drug-likeness (QED) is 0.324. The Morgan fingerprint density at radius 3 is 2.36 bits per heavy atom. The van der Waals surface area contributed by atoms with E-state index >= 15 is 0 Å². The second-order valence-electron chi connectivity index (χ2n) is 9.61. The second kappa shape index (κ2) is 10.8. The van der Waals surface area contributed by atoms with Gasteiger partial charge in [-0.15, -0.1) is 0 Å². The van der Waals surface area contributed by atoms with E-state index in [1.54, 1.807) is 6.92 Å². The average Bonchev–Trinajstić information content (AvgIpc) is 2.86. The van der Waals surface area contributed by atoms with Crippen molar-refractivity contribution in [3.05, 3.63) is 58.1 Å². The van der Waals surface area contributed by atoms with Crippen molar-refractivity contribution in [1.29, 1.82) is 0 Å². The fraction of sp³-hybridized carbons (Fsp3) is 0.440. The molecule has 3 aromatic rings. The summed E-state index contributed by atoms with van der Waals surface area (Å²) in [5.41, 5.74) is 1.13. The molecule has 0 saturated heterocycles. The molecule has 1 aliphatic rings. The van der Waals surface area contributed by atoms with Crippen LogP contribution in [0.15, 0.2) is 47.4 Å². The zero-order valence-corrected chi connectivity index (χ0v) is 21.6. The van der Waals surface area contributed by atoms with Crippen LogP contribution in [0.1, 0.15) is 31.2 Å². The van der Waals surface area contributed by atoms with Gasteiger partial charge in [0, 0.05) is 44.2 Å². The first kappa shape index (κ1) is 25.8. The van der Waals surface area contributed by atoms with Gasteiger partial charge in [0.2, 0.25) is 16.0 Å². The molecule has 1 saturated carbocycles. The molecule has 0 bridgehead atoms. The molecule has 0 radical (unpaired) electrons. The van der Waals surface area contributed by atoms with E-state index in [4.69, 9.17) is 4.98 Å². The van der Waals surface area contributed by atoms with Gasteiger partial charge in [0.1, 0.15) is 5.82 Å². The van der Waals surface area contributed by atoms with E-state index in [0.29, 0.717) is 24.0 Å². The summed E-state index contributed by atoms with van der Waals surface area (Å²) in [6.45, 7) is 2.67. The molecule has 2 N–H and O–H groups in total. The lowest BCUT2D eigenvalue weighted by Crippen LogP contribution is -2.32. The number of nitro groups is 1. The van der Waals surface area contributed by atoms with Crippen LogP contribution in [0.25, 0.3) is 10.9 Å². The molecule has 1 aromatic heterocycles. The molecule has 192 valence electrons. The highest BCUT2D eigenvalue weighted by Gasteiger charge is 2.25. The zero-order valence-electron chi connectivity index (χ0n) is 20.8. The Balaban J connectivity index is 1.30. The third-order valence-electron chi connectivity index (χ3n) is 6.77. The zero-order chi connectivity index (χ0) is 25.9. The van der Waals surface area contributed by atoms with Crippen LogP contribution in [-0.2, 0) is 10.0 Å². The number of rotatable bonds is 9. The second-order valence-corrected chi connectivity index (χ2v) is 11.4. The van der Waals surface area contributed by atoms with Crippen LogP contribution in [0, 0.1) is 28.9 Å². The molecule has 10 nitrogen and oxygen atoms in total. The Morgan fingerprint density at radius 1 is 1.03 bits per heavy atom. The number of aryl methyl sites for hydroxylation is 1. The van der Waals surface area contributed by atoms with Crippen molar-refractivity contribution in [3.8, 4) is 0 Å². The first-order valence-electron chi connectivity index (χ1n) is 12.1. The summed E-state index contributed by atoms with van der Waals surface area (Å²) in [6, 6.07) is 11.9. The van der Waals surface area contributed by atoms with Crippen LogP contribution in [0.4, 0.5) is 17.5 Å². The summed E-state index contributed by atoms with van der Waals surface area (Å²) in [5.74, 6) is 2.17. The Bertz CT molecular complexity index is 1350. The number of para-hydroxylation sites is 1. The van der Waals surface area contributed by atoms with Gasteiger partial charge in [-0.3, -0.25) is 10.1 Å². The van der Waals surface area contributed by atoms with Gasteiger partial charge >= 0.3 is 0 Å². The minimum atomic E-state index is -3.81. The number of aromatic nitrogens is 2.